The number of hydrogen-bond donors (Lipinski definition) is 2. The second kappa shape index (κ2) is 5.86. The standard InChI is InChI=1S/C15H15N9O3/c1-7(13(25)21-11-8-10(17-4-16-8)18-5-19-11)24-6-20-12-9(24)14(26)23(3)15(27)22(12)2/h4-7H,1-3H3,(H2,16,17,18,19,21,25). The Labute approximate surface area is 150 Å². The van der Waals surface area contributed by atoms with Crippen molar-refractivity contribution in [1.82, 2.24) is 38.6 Å². The number of aromatic amines is 1. The van der Waals surface area contributed by atoms with E-state index in [-0.39, 0.29) is 17.0 Å². The zero-order valence-electron chi connectivity index (χ0n) is 14.7. The molecule has 4 rings (SSSR count). The molecule has 2 N–H and O–H groups in total. The molecule has 4 heterocycles. The third-order valence-electron chi connectivity index (χ3n) is 4.43. The molecule has 0 bridgehead atoms. The van der Waals surface area contributed by atoms with Crippen LogP contribution in [0.1, 0.15) is 13.0 Å². The van der Waals surface area contributed by atoms with Gasteiger partial charge in [-0.05, 0) is 6.92 Å². The highest BCUT2D eigenvalue weighted by Crippen LogP contribution is 2.18. The van der Waals surface area contributed by atoms with Crippen molar-refractivity contribution in [1.29, 1.82) is 0 Å². The average Bonchev–Trinajstić information content (AvgIpc) is 3.31. The molecule has 0 aromatic carbocycles. The van der Waals surface area contributed by atoms with Crippen LogP contribution in [0.5, 0.6) is 0 Å². The minimum Gasteiger partial charge on any atom is -0.340 e. The summed E-state index contributed by atoms with van der Waals surface area (Å²) in [4.78, 5) is 56.3. The number of nitrogens with zero attached hydrogens (tertiary/aromatic N) is 7. The number of nitrogens with one attached hydrogen (secondary N) is 2. The summed E-state index contributed by atoms with van der Waals surface area (Å²) in [6.07, 6.45) is 4.11. The molecule has 0 saturated carbocycles. The van der Waals surface area contributed by atoms with Gasteiger partial charge in [-0.2, -0.15) is 0 Å². The van der Waals surface area contributed by atoms with Crippen molar-refractivity contribution >= 4 is 34.1 Å². The Kier molecular flexibility index (Phi) is 3.61. The molecule has 1 amide bonds. The van der Waals surface area contributed by atoms with E-state index >= 15 is 0 Å². The van der Waals surface area contributed by atoms with E-state index in [4.69, 9.17) is 0 Å². The number of carbonyl (C=O) groups excluding carboxylic acids is 1. The summed E-state index contributed by atoms with van der Waals surface area (Å²) in [5.41, 5.74) is 0.273. The molecule has 0 aliphatic rings. The summed E-state index contributed by atoms with van der Waals surface area (Å²) in [7, 11) is 2.89. The van der Waals surface area contributed by atoms with Crippen LogP contribution in [0.4, 0.5) is 5.82 Å². The number of aromatic nitrogens is 8. The summed E-state index contributed by atoms with van der Waals surface area (Å²) in [6.45, 7) is 1.62. The number of carbonyl (C=O) groups is 1. The van der Waals surface area contributed by atoms with E-state index in [1.807, 2.05) is 0 Å². The maximum atomic E-state index is 12.7. The average molecular weight is 369 g/mol. The molecule has 0 aliphatic carbocycles. The van der Waals surface area contributed by atoms with Gasteiger partial charge in [-0.3, -0.25) is 18.7 Å². The van der Waals surface area contributed by atoms with Gasteiger partial charge in [0.05, 0.1) is 12.7 Å². The highest BCUT2D eigenvalue weighted by Gasteiger charge is 2.23. The molecular weight excluding hydrogens is 354 g/mol. The van der Waals surface area contributed by atoms with Gasteiger partial charge in [-0.25, -0.2) is 24.7 Å². The van der Waals surface area contributed by atoms with Crippen molar-refractivity contribution < 1.29 is 4.79 Å². The van der Waals surface area contributed by atoms with Crippen LogP contribution < -0.4 is 16.6 Å². The van der Waals surface area contributed by atoms with Gasteiger partial charge in [0.25, 0.3) is 5.56 Å². The fraction of sp³-hybridized carbons (Fsp3) is 0.267. The predicted molar refractivity (Wildman–Crippen MR) is 95.2 cm³/mol. The lowest BCUT2D eigenvalue weighted by atomic mass is 10.3. The van der Waals surface area contributed by atoms with Crippen LogP contribution >= 0.6 is 0 Å². The Bertz CT molecular complexity index is 1310. The van der Waals surface area contributed by atoms with Crippen molar-refractivity contribution in [2.75, 3.05) is 5.32 Å². The molecule has 12 nitrogen and oxygen atoms in total. The fourth-order valence-electron chi connectivity index (χ4n) is 2.87. The van der Waals surface area contributed by atoms with E-state index in [2.05, 4.69) is 30.2 Å². The molecule has 0 spiro atoms. The summed E-state index contributed by atoms with van der Waals surface area (Å²) in [5, 5.41) is 2.70. The molecule has 1 atom stereocenters. The minimum atomic E-state index is -0.784. The quantitative estimate of drug-likeness (QED) is 0.485. The zero-order valence-corrected chi connectivity index (χ0v) is 14.7. The Balaban J connectivity index is 1.76. The van der Waals surface area contributed by atoms with Gasteiger partial charge in [0.2, 0.25) is 5.91 Å². The first-order valence-electron chi connectivity index (χ1n) is 7.97. The van der Waals surface area contributed by atoms with Crippen LogP contribution in [-0.4, -0.2) is 44.5 Å². The van der Waals surface area contributed by atoms with E-state index in [9.17, 15) is 14.4 Å². The summed E-state index contributed by atoms with van der Waals surface area (Å²) < 4.78 is 3.66. The van der Waals surface area contributed by atoms with Crippen molar-refractivity contribution in [2.45, 2.75) is 13.0 Å². The Morgan fingerprint density at radius 2 is 1.93 bits per heavy atom. The van der Waals surface area contributed by atoms with Crippen LogP contribution in [0.3, 0.4) is 0 Å². The van der Waals surface area contributed by atoms with Gasteiger partial charge in [0.1, 0.15) is 17.9 Å². The first-order chi connectivity index (χ1) is 12.9. The third-order valence-corrected chi connectivity index (χ3v) is 4.43. The normalized spacial score (nSPS) is 12.6. The molecule has 27 heavy (non-hydrogen) atoms. The molecule has 4 aromatic heterocycles. The molecule has 1 unspecified atom stereocenters. The molecule has 0 radical (unpaired) electrons. The zero-order chi connectivity index (χ0) is 19.3. The number of rotatable bonds is 3. The van der Waals surface area contributed by atoms with Gasteiger partial charge in [-0.15, -0.1) is 0 Å². The van der Waals surface area contributed by atoms with Crippen molar-refractivity contribution in [2.24, 2.45) is 14.1 Å². The number of anilines is 1. The predicted octanol–water partition coefficient (Wildman–Crippen LogP) is -0.700. The van der Waals surface area contributed by atoms with Crippen molar-refractivity contribution in [3.8, 4) is 0 Å². The van der Waals surface area contributed by atoms with Crippen LogP contribution in [0.25, 0.3) is 22.3 Å². The second-order valence-corrected chi connectivity index (χ2v) is 6.02. The molecule has 12 heteroatoms. The number of fused-ring (bicyclic) bond motifs is 2. The van der Waals surface area contributed by atoms with Gasteiger partial charge >= 0.3 is 5.69 Å². The van der Waals surface area contributed by atoms with Gasteiger partial charge < -0.3 is 14.9 Å². The van der Waals surface area contributed by atoms with Crippen LogP contribution in [0, 0.1) is 0 Å². The number of hydrogen-bond acceptors (Lipinski definition) is 7. The monoisotopic (exact) mass is 369 g/mol. The highest BCUT2D eigenvalue weighted by molar-refractivity contribution is 5.98. The molecule has 4 aromatic rings. The van der Waals surface area contributed by atoms with E-state index < -0.39 is 23.2 Å². The van der Waals surface area contributed by atoms with Crippen molar-refractivity contribution in [3.63, 3.8) is 0 Å². The Morgan fingerprint density at radius 1 is 1.15 bits per heavy atom. The first-order valence-corrected chi connectivity index (χ1v) is 7.97. The van der Waals surface area contributed by atoms with E-state index in [1.54, 1.807) is 6.92 Å². The third kappa shape index (κ3) is 2.41. The van der Waals surface area contributed by atoms with Crippen LogP contribution in [-0.2, 0) is 18.9 Å². The molecule has 0 aliphatic heterocycles. The van der Waals surface area contributed by atoms with Crippen LogP contribution in [0.15, 0.2) is 28.6 Å². The number of amides is 1. The lowest BCUT2D eigenvalue weighted by molar-refractivity contribution is -0.118. The first kappa shape index (κ1) is 16.6. The summed E-state index contributed by atoms with van der Waals surface area (Å²) >= 11 is 0. The fourth-order valence-corrected chi connectivity index (χ4v) is 2.87. The number of H-pyrrole nitrogens is 1. The maximum absolute atomic E-state index is 12.7. The minimum absolute atomic E-state index is 0.164. The van der Waals surface area contributed by atoms with Gasteiger partial charge in [-0.1, -0.05) is 0 Å². The molecule has 0 saturated heterocycles. The largest absolute Gasteiger partial charge is 0.340 e. The van der Waals surface area contributed by atoms with E-state index in [0.717, 1.165) is 4.57 Å². The molecule has 0 fully saturated rings. The molecule has 138 valence electrons. The Morgan fingerprint density at radius 3 is 2.70 bits per heavy atom. The topological polar surface area (TPSA) is 145 Å². The van der Waals surface area contributed by atoms with Crippen LogP contribution in [0.2, 0.25) is 0 Å². The smallest absolute Gasteiger partial charge is 0.332 e. The highest BCUT2D eigenvalue weighted by atomic mass is 16.2. The maximum Gasteiger partial charge on any atom is 0.332 e. The van der Waals surface area contributed by atoms with Crippen molar-refractivity contribution in [3.05, 3.63) is 39.8 Å². The van der Waals surface area contributed by atoms with E-state index in [1.165, 1.54) is 42.2 Å². The number of imidazole rings is 2. The Hall–Kier alpha value is -3.83. The number of aryl methyl sites for hydroxylation is 1. The second-order valence-electron chi connectivity index (χ2n) is 6.02. The summed E-state index contributed by atoms with van der Waals surface area (Å²) in [5.74, 6) is -0.140. The van der Waals surface area contributed by atoms with E-state index in [0.29, 0.717) is 11.2 Å². The lowest BCUT2D eigenvalue weighted by Crippen LogP contribution is -2.38. The molecular formula is C15H15N9O3. The SMILES string of the molecule is CC(C(=O)Nc1ncnc2nc[nH]c12)n1cnc2c1c(=O)n(C)c(=O)n2C. The van der Waals surface area contributed by atoms with Gasteiger partial charge in [0.15, 0.2) is 22.6 Å². The summed E-state index contributed by atoms with van der Waals surface area (Å²) in [6, 6.07) is -0.784. The lowest BCUT2D eigenvalue weighted by Gasteiger charge is -2.14. The van der Waals surface area contributed by atoms with Gasteiger partial charge in [0, 0.05) is 14.1 Å².